The second-order valence-electron chi connectivity index (χ2n) is 3.81. The maximum absolute atomic E-state index is 6.00. The standard InChI is InChI=1S/C13H12Cl3NOS/c14-9-1-3-12(11(15)7-9)18-6-5-17-8-10-2-4-13(16)19-10/h1-4,7,17H,5-6,8H2. The van der Waals surface area contributed by atoms with E-state index in [-0.39, 0.29) is 0 Å². The van der Waals surface area contributed by atoms with Crippen LogP contribution in [0.25, 0.3) is 0 Å². The Bertz CT molecular complexity index is 544. The molecule has 0 aliphatic rings. The van der Waals surface area contributed by atoms with E-state index in [1.807, 2.05) is 12.1 Å². The number of nitrogens with one attached hydrogen (secondary N) is 1. The lowest BCUT2D eigenvalue weighted by Gasteiger charge is -2.08. The zero-order valence-electron chi connectivity index (χ0n) is 9.96. The van der Waals surface area contributed by atoms with Crippen molar-refractivity contribution in [2.45, 2.75) is 6.54 Å². The maximum Gasteiger partial charge on any atom is 0.138 e. The quantitative estimate of drug-likeness (QED) is 0.759. The van der Waals surface area contributed by atoms with E-state index in [0.717, 1.165) is 17.4 Å². The second-order valence-corrected chi connectivity index (χ2v) is 6.45. The highest BCUT2D eigenvalue weighted by molar-refractivity contribution is 7.16. The normalized spacial score (nSPS) is 10.7. The van der Waals surface area contributed by atoms with Crippen LogP contribution in [0, 0.1) is 0 Å². The van der Waals surface area contributed by atoms with Crippen LogP contribution in [0.4, 0.5) is 0 Å². The lowest BCUT2D eigenvalue weighted by Crippen LogP contribution is -2.20. The molecular weight excluding hydrogens is 325 g/mol. The van der Waals surface area contributed by atoms with Crippen molar-refractivity contribution in [3.05, 3.63) is 49.6 Å². The molecule has 0 unspecified atom stereocenters. The third kappa shape index (κ3) is 4.86. The minimum Gasteiger partial charge on any atom is -0.491 e. The molecule has 1 N–H and O–H groups in total. The van der Waals surface area contributed by atoms with Crippen LogP contribution in [0.5, 0.6) is 5.75 Å². The zero-order valence-corrected chi connectivity index (χ0v) is 13.0. The Morgan fingerprint density at radius 3 is 2.63 bits per heavy atom. The van der Waals surface area contributed by atoms with Crippen LogP contribution >= 0.6 is 46.1 Å². The summed E-state index contributed by atoms with van der Waals surface area (Å²) in [6, 6.07) is 9.09. The number of rotatable bonds is 6. The summed E-state index contributed by atoms with van der Waals surface area (Å²) in [4.78, 5) is 1.20. The SMILES string of the molecule is Clc1ccc(OCCNCc2ccc(Cl)s2)c(Cl)c1. The summed E-state index contributed by atoms with van der Waals surface area (Å²) in [7, 11) is 0. The van der Waals surface area contributed by atoms with E-state index in [1.165, 1.54) is 4.88 Å². The topological polar surface area (TPSA) is 21.3 Å². The number of hydrogen-bond donors (Lipinski definition) is 1. The summed E-state index contributed by atoms with van der Waals surface area (Å²) in [6.07, 6.45) is 0. The summed E-state index contributed by atoms with van der Waals surface area (Å²) in [5, 5.41) is 4.40. The number of hydrogen-bond acceptors (Lipinski definition) is 3. The molecular formula is C13H12Cl3NOS. The first kappa shape index (κ1) is 14.9. The fourth-order valence-electron chi connectivity index (χ4n) is 1.48. The number of thiophene rings is 1. The molecule has 0 aliphatic carbocycles. The minimum atomic E-state index is 0.525. The Morgan fingerprint density at radius 1 is 1.11 bits per heavy atom. The van der Waals surface area contributed by atoms with Crippen molar-refractivity contribution >= 4 is 46.1 Å². The van der Waals surface area contributed by atoms with E-state index in [4.69, 9.17) is 39.5 Å². The van der Waals surface area contributed by atoms with Crippen LogP contribution < -0.4 is 10.1 Å². The molecule has 1 aromatic carbocycles. The molecule has 1 aromatic heterocycles. The average molecular weight is 337 g/mol. The molecule has 0 bridgehead atoms. The van der Waals surface area contributed by atoms with Crippen LogP contribution in [0.15, 0.2) is 30.3 Å². The summed E-state index contributed by atoms with van der Waals surface area (Å²) in [6.45, 7) is 2.06. The molecule has 0 saturated heterocycles. The largest absolute Gasteiger partial charge is 0.491 e. The van der Waals surface area contributed by atoms with E-state index < -0.39 is 0 Å². The van der Waals surface area contributed by atoms with E-state index in [9.17, 15) is 0 Å². The van der Waals surface area contributed by atoms with Crippen molar-refractivity contribution in [1.82, 2.24) is 5.32 Å². The van der Waals surface area contributed by atoms with E-state index in [1.54, 1.807) is 29.5 Å². The molecule has 0 spiro atoms. The number of benzene rings is 1. The van der Waals surface area contributed by atoms with Gasteiger partial charge >= 0.3 is 0 Å². The van der Waals surface area contributed by atoms with E-state index in [2.05, 4.69) is 5.32 Å². The van der Waals surface area contributed by atoms with Crippen molar-refractivity contribution < 1.29 is 4.74 Å². The molecule has 2 aromatic rings. The molecule has 102 valence electrons. The third-order valence-electron chi connectivity index (χ3n) is 2.36. The maximum atomic E-state index is 6.00. The minimum absolute atomic E-state index is 0.525. The smallest absolute Gasteiger partial charge is 0.138 e. The van der Waals surface area contributed by atoms with Gasteiger partial charge in [0.15, 0.2) is 0 Å². The van der Waals surface area contributed by atoms with Crippen molar-refractivity contribution in [2.24, 2.45) is 0 Å². The Kier molecular flexibility index (Phi) is 5.79. The van der Waals surface area contributed by atoms with Crippen molar-refractivity contribution in [3.63, 3.8) is 0 Å². The molecule has 0 radical (unpaired) electrons. The molecule has 0 fully saturated rings. The predicted octanol–water partition coefficient (Wildman–Crippen LogP) is 4.88. The first-order valence-corrected chi connectivity index (χ1v) is 7.63. The molecule has 2 nitrogen and oxygen atoms in total. The molecule has 6 heteroatoms. The van der Waals surface area contributed by atoms with Crippen molar-refractivity contribution in [2.75, 3.05) is 13.2 Å². The molecule has 0 aliphatic heterocycles. The zero-order chi connectivity index (χ0) is 13.7. The van der Waals surface area contributed by atoms with Gasteiger partial charge in [0.1, 0.15) is 12.4 Å². The molecule has 0 atom stereocenters. The predicted molar refractivity (Wildman–Crippen MR) is 83.0 cm³/mol. The molecule has 0 amide bonds. The van der Waals surface area contributed by atoms with Gasteiger partial charge in [-0.1, -0.05) is 34.8 Å². The van der Waals surface area contributed by atoms with Crippen molar-refractivity contribution in [1.29, 1.82) is 0 Å². The summed E-state index contributed by atoms with van der Waals surface area (Å²) in [5.41, 5.74) is 0. The molecule has 1 heterocycles. The van der Waals surface area contributed by atoms with E-state index >= 15 is 0 Å². The van der Waals surface area contributed by atoms with Gasteiger partial charge in [0, 0.05) is 23.0 Å². The first-order chi connectivity index (χ1) is 9.15. The fourth-order valence-corrected chi connectivity index (χ4v) is 3.00. The van der Waals surface area contributed by atoms with Gasteiger partial charge in [-0.25, -0.2) is 0 Å². The number of ether oxygens (including phenoxy) is 1. The van der Waals surface area contributed by atoms with Gasteiger partial charge in [-0.3, -0.25) is 0 Å². The first-order valence-electron chi connectivity index (χ1n) is 5.68. The summed E-state index contributed by atoms with van der Waals surface area (Å²) < 4.78 is 6.37. The third-order valence-corrected chi connectivity index (χ3v) is 4.12. The Morgan fingerprint density at radius 2 is 1.95 bits per heavy atom. The van der Waals surface area contributed by atoms with Gasteiger partial charge in [0.25, 0.3) is 0 Å². The highest BCUT2D eigenvalue weighted by Crippen LogP contribution is 2.27. The molecule has 19 heavy (non-hydrogen) atoms. The van der Waals surface area contributed by atoms with Crippen LogP contribution in [0.2, 0.25) is 14.4 Å². The highest BCUT2D eigenvalue weighted by atomic mass is 35.5. The van der Waals surface area contributed by atoms with Gasteiger partial charge in [-0.05, 0) is 30.3 Å². The Hall–Kier alpha value is -0.450. The second kappa shape index (κ2) is 7.36. The lowest BCUT2D eigenvalue weighted by atomic mass is 10.3. The number of halogens is 3. The summed E-state index contributed by atoms with van der Waals surface area (Å²) in [5.74, 6) is 0.645. The van der Waals surface area contributed by atoms with Crippen LogP contribution in [0.3, 0.4) is 0 Å². The monoisotopic (exact) mass is 335 g/mol. The Labute approximate surface area is 131 Å². The average Bonchev–Trinajstić information content (AvgIpc) is 2.77. The van der Waals surface area contributed by atoms with E-state index in [0.29, 0.717) is 22.4 Å². The van der Waals surface area contributed by atoms with Gasteiger partial charge in [0.2, 0.25) is 0 Å². The Balaban J connectivity index is 1.69. The fraction of sp³-hybridized carbons (Fsp3) is 0.231. The van der Waals surface area contributed by atoms with Crippen LogP contribution in [-0.2, 0) is 6.54 Å². The van der Waals surface area contributed by atoms with Crippen molar-refractivity contribution in [3.8, 4) is 5.75 Å². The van der Waals surface area contributed by atoms with Gasteiger partial charge in [-0.2, -0.15) is 0 Å². The van der Waals surface area contributed by atoms with Gasteiger partial charge in [-0.15, -0.1) is 11.3 Å². The van der Waals surface area contributed by atoms with Gasteiger partial charge < -0.3 is 10.1 Å². The van der Waals surface area contributed by atoms with Gasteiger partial charge in [0.05, 0.1) is 9.36 Å². The van der Waals surface area contributed by atoms with Crippen LogP contribution in [0.1, 0.15) is 4.88 Å². The highest BCUT2D eigenvalue weighted by Gasteiger charge is 2.02. The lowest BCUT2D eigenvalue weighted by molar-refractivity contribution is 0.314. The summed E-state index contributed by atoms with van der Waals surface area (Å²) >= 11 is 19.2. The molecule has 2 rings (SSSR count). The van der Waals surface area contributed by atoms with Crippen LogP contribution in [-0.4, -0.2) is 13.2 Å². The molecule has 0 saturated carbocycles.